The molecule has 0 unspecified atom stereocenters. The molecular weight excluding hydrogens is 495 g/mol. The van der Waals surface area contributed by atoms with Gasteiger partial charge in [0.15, 0.2) is 0 Å². The van der Waals surface area contributed by atoms with E-state index in [-0.39, 0.29) is 0 Å². The molecule has 0 aliphatic carbocycles. The van der Waals surface area contributed by atoms with Gasteiger partial charge < -0.3 is 0 Å². The summed E-state index contributed by atoms with van der Waals surface area (Å²) in [6.07, 6.45) is 1.55. The summed E-state index contributed by atoms with van der Waals surface area (Å²) in [6, 6.07) is 3.94. The number of nitrogens with zero attached hydrogens (tertiary/aromatic N) is 1. The summed E-state index contributed by atoms with van der Waals surface area (Å²) in [6.45, 7) is 0. The van der Waals surface area contributed by atoms with Crippen molar-refractivity contribution in [1.29, 1.82) is 0 Å². The predicted molar refractivity (Wildman–Crippen MR) is 72.4 cm³/mol. The second-order valence-electron chi connectivity index (χ2n) is 1.92. The van der Waals surface area contributed by atoms with Gasteiger partial charge in [0.1, 0.15) is 5.69 Å². The Kier molecular flexibility index (Phi) is 4.41. The molecule has 0 fully saturated rings. The normalized spacial score (nSPS) is 9.25. The summed E-state index contributed by atoms with van der Waals surface area (Å²) in [5.74, 6) is 0. The van der Waals surface area contributed by atoms with Gasteiger partial charge in [-0.1, -0.05) is 0 Å². The van der Waals surface area contributed by atoms with Crippen molar-refractivity contribution in [2.45, 2.75) is 0 Å². The Morgan fingerprint density at radius 3 is 2.08 bits per heavy atom. The van der Waals surface area contributed by atoms with E-state index in [2.05, 4.69) is 72.8 Å². The van der Waals surface area contributed by atoms with Gasteiger partial charge in [-0.25, -0.2) is 4.79 Å². The summed E-state index contributed by atoms with van der Waals surface area (Å²) in [5.41, 5.74) is 0.714. The first-order valence-electron chi connectivity index (χ1n) is 2.87. The zero-order valence-corrected chi connectivity index (χ0v) is 12.1. The fraction of sp³-hybridized carbons (Fsp3) is 0. The van der Waals surface area contributed by atoms with Crippen LogP contribution in [0.5, 0.6) is 0 Å². The summed E-state index contributed by atoms with van der Waals surface area (Å²) < 4.78 is 3.10. The number of hydrogen-bond donors (Lipinski definition) is 0. The maximum Gasteiger partial charge on any atom is 0.240 e. The molecule has 1 aromatic rings. The Bertz CT molecular complexity index is 335. The molecule has 0 aliphatic rings. The lowest BCUT2D eigenvalue weighted by atomic mass is 10.3. The lowest BCUT2D eigenvalue weighted by Gasteiger charge is -2.00. The van der Waals surface area contributed by atoms with Gasteiger partial charge in [0.2, 0.25) is 6.08 Å². The smallest absolute Gasteiger partial charge is 0.211 e. The van der Waals surface area contributed by atoms with E-state index < -0.39 is 0 Å². The second-order valence-corrected chi connectivity index (χ2v) is 5.49. The number of aliphatic imine (C=N–C) groups is 1. The third-order valence-electron chi connectivity index (χ3n) is 1.14. The first kappa shape index (κ1) is 10.9. The first-order valence-corrected chi connectivity index (χ1v) is 6.11. The van der Waals surface area contributed by atoms with Crippen LogP contribution < -0.4 is 0 Å². The first-order chi connectivity index (χ1) is 5.65. The van der Waals surface area contributed by atoms with E-state index in [0.717, 1.165) is 10.7 Å². The highest BCUT2D eigenvalue weighted by Gasteiger charge is 2.04. The maximum absolute atomic E-state index is 10.1. The molecule has 0 saturated carbocycles. The van der Waals surface area contributed by atoms with Crippen molar-refractivity contribution in [3.63, 3.8) is 0 Å². The minimum Gasteiger partial charge on any atom is -0.211 e. The topological polar surface area (TPSA) is 29.4 Å². The van der Waals surface area contributed by atoms with Gasteiger partial charge in [-0.3, -0.25) is 0 Å². The average Bonchev–Trinajstić information content (AvgIpc) is 1.96. The highest BCUT2D eigenvalue weighted by molar-refractivity contribution is 14.1. The van der Waals surface area contributed by atoms with E-state index in [4.69, 9.17) is 0 Å². The van der Waals surface area contributed by atoms with Crippen molar-refractivity contribution in [2.24, 2.45) is 4.99 Å². The van der Waals surface area contributed by atoms with Crippen LogP contribution in [-0.4, -0.2) is 6.08 Å². The number of hydrogen-bond acceptors (Lipinski definition) is 2. The minimum atomic E-state index is 0.714. The highest BCUT2D eigenvalue weighted by atomic mass is 127. The second kappa shape index (κ2) is 4.87. The summed E-state index contributed by atoms with van der Waals surface area (Å²) in [7, 11) is 0. The molecule has 0 amide bonds. The quantitative estimate of drug-likeness (QED) is 0.333. The minimum absolute atomic E-state index is 0.714. The molecule has 0 atom stereocenters. The molecule has 0 bridgehead atoms. The van der Waals surface area contributed by atoms with Gasteiger partial charge in [0.05, 0.1) is 0 Å². The Morgan fingerprint density at radius 2 is 1.67 bits per heavy atom. The van der Waals surface area contributed by atoms with E-state index in [1.807, 2.05) is 12.1 Å². The average molecular weight is 497 g/mol. The van der Waals surface area contributed by atoms with Crippen molar-refractivity contribution in [3.8, 4) is 0 Å². The van der Waals surface area contributed by atoms with Crippen LogP contribution in [0.1, 0.15) is 0 Å². The third-order valence-corrected chi connectivity index (χ3v) is 3.41. The molecule has 62 valence electrons. The molecule has 1 rings (SSSR count). The molecule has 0 saturated heterocycles. The zero-order valence-electron chi connectivity index (χ0n) is 5.64. The van der Waals surface area contributed by atoms with Crippen LogP contribution in [0.3, 0.4) is 0 Å². The van der Waals surface area contributed by atoms with E-state index in [0.29, 0.717) is 5.69 Å². The zero-order chi connectivity index (χ0) is 9.14. The van der Waals surface area contributed by atoms with Crippen molar-refractivity contribution >= 4 is 79.5 Å². The highest BCUT2D eigenvalue weighted by Crippen LogP contribution is 2.29. The van der Waals surface area contributed by atoms with Crippen molar-refractivity contribution in [3.05, 3.63) is 22.8 Å². The monoisotopic (exact) mass is 497 g/mol. The third kappa shape index (κ3) is 2.64. The fourth-order valence-corrected chi connectivity index (χ4v) is 4.51. The van der Waals surface area contributed by atoms with Gasteiger partial charge in [0, 0.05) is 10.7 Å². The van der Waals surface area contributed by atoms with Crippen LogP contribution >= 0.6 is 67.8 Å². The molecule has 1 aromatic carbocycles. The Labute approximate surface area is 111 Å². The van der Waals surface area contributed by atoms with Crippen LogP contribution in [0.15, 0.2) is 17.1 Å². The molecule has 0 spiro atoms. The lowest BCUT2D eigenvalue weighted by Crippen LogP contribution is -1.81. The van der Waals surface area contributed by atoms with Gasteiger partial charge in [0.25, 0.3) is 0 Å². The Balaban J connectivity index is 3.37. The molecule has 12 heavy (non-hydrogen) atoms. The Hall–Kier alpha value is 0.790. The fourth-order valence-electron chi connectivity index (χ4n) is 0.687. The number of isocyanates is 1. The van der Waals surface area contributed by atoms with Crippen LogP contribution in [0.4, 0.5) is 5.69 Å². The summed E-state index contributed by atoms with van der Waals surface area (Å²) >= 11 is 6.53. The number of benzene rings is 1. The van der Waals surface area contributed by atoms with Crippen molar-refractivity contribution in [2.75, 3.05) is 0 Å². The van der Waals surface area contributed by atoms with E-state index in [9.17, 15) is 4.79 Å². The molecule has 0 aliphatic heterocycles. The van der Waals surface area contributed by atoms with E-state index in [1.165, 1.54) is 0 Å². The molecule has 2 nitrogen and oxygen atoms in total. The van der Waals surface area contributed by atoms with Crippen LogP contribution in [0, 0.1) is 10.7 Å². The molecule has 5 heteroatoms. The number of rotatable bonds is 1. The van der Waals surface area contributed by atoms with E-state index >= 15 is 0 Å². The molecule has 0 heterocycles. The molecular formula is C7H2I3NO. The van der Waals surface area contributed by atoms with Gasteiger partial charge in [-0.15, -0.1) is 0 Å². The van der Waals surface area contributed by atoms with E-state index in [1.54, 1.807) is 6.08 Å². The number of carbonyl (C=O) groups excluding carboxylic acids is 1. The van der Waals surface area contributed by atoms with Crippen LogP contribution in [0.25, 0.3) is 0 Å². The lowest BCUT2D eigenvalue weighted by molar-refractivity contribution is 0.565. The van der Waals surface area contributed by atoms with Gasteiger partial charge in [-0.05, 0) is 79.9 Å². The summed E-state index contributed by atoms with van der Waals surface area (Å²) in [4.78, 5) is 13.7. The number of halogens is 3. The summed E-state index contributed by atoms with van der Waals surface area (Å²) in [5, 5.41) is 0. The van der Waals surface area contributed by atoms with Gasteiger partial charge >= 0.3 is 0 Å². The molecule has 0 N–H and O–H groups in total. The molecule has 0 aromatic heterocycles. The van der Waals surface area contributed by atoms with Crippen LogP contribution in [0.2, 0.25) is 0 Å². The van der Waals surface area contributed by atoms with Crippen LogP contribution in [-0.2, 0) is 4.79 Å². The van der Waals surface area contributed by atoms with Crippen molar-refractivity contribution < 1.29 is 4.79 Å². The standard InChI is InChI=1S/C7H2I3NO/c8-4-1-5(9)7(11-3-12)6(10)2-4/h1-2H. The Morgan fingerprint density at radius 1 is 1.17 bits per heavy atom. The SMILES string of the molecule is O=C=Nc1c(I)cc(I)cc1I. The van der Waals surface area contributed by atoms with Crippen molar-refractivity contribution in [1.82, 2.24) is 0 Å². The predicted octanol–water partition coefficient (Wildman–Crippen LogP) is 3.47. The van der Waals surface area contributed by atoms with Gasteiger partial charge in [-0.2, -0.15) is 4.99 Å². The largest absolute Gasteiger partial charge is 0.240 e. The maximum atomic E-state index is 10.1. The molecule has 0 radical (unpaired) electrons.